The lowest BCUT2D eigenvalue weighted by Gasteiger charge is -2.32. The minimum atomic E-state index is -0.316. The van der Waals surface area contributed by atoms with Crippen molar-refractivity contribution in [3.63, 3.8) is 0 Å². The summed E-state index contributed by atoms with van der Waals surface area (Å²) in [7, 11) is -0.228. The number of likely N-dealkylation sites (tertiary alicyclic amines) is 1. The molecule has 1 aromatic rings. The van der Waals surface area contributed by atoms with E-state index in [0.717, 1.165) is 25.8 Å². The number of benzene rings is 1. The fourth-order valence-corrected chi connectivity index (χ4v) is 4.20. The predicted molar refractivity (Wildman–Crippen MR) is 102 cm³/mol. The number of rotatable bonds is 2. The van der Waals surface area contributed by atoms with Crippen molar-refractivity contribution < 1.29 is 14.1 Å². The Morgan fingerprint density at radius 2 is 1.69 bits per heavy atom. The predicted octanol–water partition coefficient (Wildman–Crippen LogP) is 3.03. The molecule has 140 valence electrons. The lowest BCUT2D eigenvalue weighted by molar-refractivity contribution is 0.00578. The molecule has 0 saturated carbocycles. The van der Waals surface area contributed by atoms with Gasteiger partial charge in [0.05, 0.1) is 11.2 Å². The summed E-state index contributed by atoms with van der Waals surface area (Å²) in [5, 5.41) is 3.22. The number of amides is 2. The van der Waals surface area contributed by atoms with E-state index in [0.29, 0.717) is 6.54 Å². The molecule has 2 saturated heterocycles. The average molecular weight is 356 g/mol. The van der Waals surface area contributed by atoms with Crippen LogP contribution >= 0.6 is 0 Å². The highest BCUT2D eigenvalue weighted by Crippen LogP contribution is 2.42. The van der Waals surface area contributed by atoms with Gasteiger partial charge in [0.1, 0.15) is 0 Å². The number of urea groups is 1. The Morgan fingerprint density at radius 3 is 2.27 bits per heavy atom. The first-order valence-electron chi connectivity index (χ1n) is 9.73. The molecule has 26 heavy (non-hydrogen) atoms. The molecule has 2 amide bonds. The summed E-state index contributed by atoms with van der Waals surface area (Å²) in [5.74, 6) is 0.238. The standard InChI is InChI=1S/C20H29BN2O3/c1-19(2)20(3,4)26-21(25-19)16-9-10-23(13-16)18(24)22-17-11-14-7-5-6-8-15(14)12-17/h5-8,16-17H,9-13H2,1-4H3,(H,22,24). The van der Waals surface area contributed by atoms with Crippen LogP contribution in [0.5, 0.6) is 0 Å². The number of hydrogen-bond acceptors (Lipinski definition) is 3. The van der Waals surface area contributed by atoms with E-state index in [2.05, 4.69) is 57.3 Å². The molecule has 1 aliphatic carbocycles. The molecule has 6 heteroatoms. The third-order valence-corrected chi connectivity index (χ3v) is 6.55. The van der Waals surface area contributed by atoms with E-state index in [1.54, 1.807) is 0 Å². The molecular formula is C20H29BN2O3. The van der Waals surface area contributed by atoms with E-state index >= 15 is 0 Å². The summed E-state index contributed by atoms with van der Waals surface area (Å²) >= 11 is 0. The third kappa shape index (κ3) is 3.14. The van der Waals surface area contributed by atoms with Crippen molar-refractivity contribution in [2.75, 3.05) is 13.1 Å². The van der Waals surface area contributed by atoms with Crippen molar-refractivity contribution in [3.05, 3.63) is 35.4 Å². The normalized spacial score (nSPS) is 27.0. The second-order valence-electron chi connectivity index (χ2n) is 8.94. The highest BCUT2D eigenvalue weighted by atomic mass is 16.7. The molecule has 1 atom stereocenters. The van der Waals surface area contributed by atoms with Gasteiger partial charge in [0.15, 0.2) is 0 Å². The van der Waals surface area contributed by atoms with Crippen LogP contribution in [0.15, 0.2) is 24.3 Å². The van der Waals surface area contributed by atoms with Crippen molar-refractivity contribution in [1.29, 1.82) is 0 Å². The summed E-state index contributed by atoms with van der Waals surface area (Å²) in [4.78, 5) is 14.6. The lowest BCUT2D eigenvalue weighted by Crippen LogP contribution is -2.44. The van der Waals surface area contributed by atoms with Crippen LogP contribution in [0.2, 0.25) is 5.82 Å². The molecule has 1 N–H and O–H groups in total. The van der Waals surface area contributed by atoms with Crippen LogP contribution in [0.3, 0.4) is 0 Å². The van der Waals surface area contributed by atoms with Crippen LogP contribution in [0, 0.1) is 0 Å². The molecule has 2 heterocycles. The molecule has 0 radical (unpaired) electrons. The first-order valence-corrected chi connectivity index (χ1v) is 9.73. The van der Waals surface area contributed by atoms with Gasteiger partial charge >= 0.3 is 13.1 Å². The Bertz CT molecular complexity index is 665. The topological polar surface area (TPSA) is 50.8 Å². The molecule has 3 aliphatic rings. The first kappa shape index (κ1) is 17.9. The van der Waals surface area contributed by atoms with Gasteiger partial charge in [-0.1, -0.05) is 24.3 Å². The third-order valence-electron chi connectivity index (χ3n) is 6.55. The van der Waals surface area contributed by atoms with Crippen LogP contribution in [-0.4, -0.2) is 48.4 Å². The molecule has 0 aromatic heterocycles. The Kier molecular flexibility index (Phi) is 4.31. The van der Waals surface area contributed by atoms with E-state index < -0.39 is 0 Å². The van der Waals surface area contributed by atoms with Gasteiger partial charge in [0.25, 0.3) is 0 Å². The molecule has 0 bridgehead atoms. The zero-order valence-electron chi connectivity index (χ0n) is 16.2. The van der Waals surface area contributed by atoms with E-state index in [1.807, 2.05) is 4.90 Å². The second-order valence-corrected chi connectivity index (χ2v) is 8.94. The minimum Gasteiger partial charge on any atom is -0.403 e. The Labute approximate surface area is 156 Å². The average Bonchev–Trinajstić information content (AvgIpc) is 3.24. The molecule has 1 aromatic carbocycles. The molecule has 5 nitrogen and oxygen atoms in total. The summed E-state index contributed by atoms with van der Waals surface area (Å²) in [6.45, 7) is 9.76. The van der Waals surface area contributed by atoms with Gasteiger partial charge in [-0.3, -0.25) is 0 Å². The van der Waals surface area contributed by atoms with Crippen LogP contribution in [0.25, 0.3) is 0 Å². The van der Waals surface area contributed by atoms with E-state index in [1.165, 1.54) is 11.1 Å². The van der Waals surface area contributed by atoms with Crippen molar-refractivity contribution in [2.45, 2.75) is 70.0 Å². The Hall–Kier alpha value is -1.53. The maximum absolute atomic E-state index is 12.7. The summed E-state index contributed by atoms with van der Waals surface area (Å²) in [6.07, 6.45) is 2.78. The fraction of sp³-hybridized carbons (Fsp3) is 0.650. The molecule has 2 aliphatic heterocycles. The highest BCUT2D eigenvalue weighted by Gasteiger charge is 2.54. The summed E-state index contributed by atoms with van der Waals surface area (Å²) in [6, 6.07) is 8.70. The number of hydrogen-bond donors (Lipinski definition) is 1. The van der Waals surface area contributed by atoms with Crippen molar-refractivity contribution in [1.82, 2.24) is 10.2 Å². The minimum absolute atomic E-state index is 0.0434. The van der Waals surface area contributed by atoms with E-state index in [9.17, 15) is 4.79 Å². The number of nitrogens with zero attached hydrogens (tertiary/aromatic N) is 1. The zero-order valence-corrected chi connectivity index (χ0v) is 16.2. The van der Waals surface area contributed by atoms with Gasteiger partial charge in [-0.25, -0.2) is 4.79 Å². The largest absolute Gasteiger partial charge is 0.463 e. The van der Waals surface area contributed by atoms with Crippen molar-refractivity contribution in [3.8, 4) is 0 Å². The van der Waals surface area contributed by atoms with Crippen LogP contribution < -0.4 is 5.32 Å². The zero-order chi connectivity index (χ0) is 18.5. The fourth-order valence-electron chi connectivity index (χ4n) is 4.20. The highest BCUT2D eigenvalue weighted by molar-refractivity contribution is 6.47. The molecular weight excluding hydrogens is 327 g/mol. The van der Waals surface area contributed by atoms with Gasteiger partial charge in [0.2, 0.25) is 0 Å². The molecule has 4 rings (SSSR count). The van der Waals surface area contributed by atoms with Gasteiger partial charge in [-0.2, -0.15) is 0 Å². The van der Waals surface area contributed by atoms with Crippen LogP contribution in [0.1, 0.15) is 45.2 Å². The van der Waals surface area contributed by atoms with Crippen LogP contribution in [-0.2, 0) is 22.2 Å². The van der Waals surface area contributed by atoms with E-state index in [-0.39, 0.29) is 36.2 Å². The van der Waals surface area contributed by atoms with E-state index in [4.69, 9.17) is 9.31 Å². The number of nitrogens with one attached hydrogen (secondary N) is 1. The summed E-state index contributed by atoms with van der Waals surface area (Å²) in [5.41, 5.74) is 2.08. The number of carbonyl (C=O) groups is 1. The van der Waals surface area contributed by atoms with Crippen molar-refractivity contribution in [2.24, 2.45) is 0 Å². The van der Waals surface area contributed by atoms with Gasteiger partial charge in [-0.05, 0) is 58.1 Å². The number of fused-ring (bicyclic) bond motifs is 1. The Balaban J connectivity index is 1.31. The molecule has 1 unspecified atom stereocenters. The monoisotopic (exact) mass is 356 g/mol. The van der Waals surface area contributed by atoms with Gasteiger partial charge in [0, 0.05) is 24.9 Å². The smallest absolute Gasteiger partial charge is 0.403 e. The SMILES string of the molecule is CC1(C)OB(C2CCN(C(=O)NC3Cc4ccccc4C3)C2)OC1(C)C. The second kappa shape index (κ2) is 6.27. The van der Waals surface area contributed by atoms with Crippen molar-refractivity contribution >= 4 is 13.1 Å². The molecule has 0 spiro atoms. The van der Waals surface area contributed by atoms with Crippen LogP contribution in [0.4, 0.5) is 4.79 Å². The first-order chi connectivity index (χ1) is 12.2. The molecule has 2 fully saturated rings. The van der Waals surface area contributed by atoms with Gasteiger partial charge < -0.3 is 19.5 Å². The summed E-state index contributed by atoms with van der Waals surface area (Å²) < 4.78 is 12.3. The maximum Gasteiger partial charge on any atom is 0.463 e. The number of carbonyl (C=O) groups excluding carboxylic acids is 1. The van der Waals surface area contributed by atoms with Gasteiger partial charge in [-0.15, -0.1) is 0 Å². The lowest BCUT2D eigenvalue weighted by atomic mass is 9.71. The maximum atomic E-state index is 12.7. The Morgan fingerprint density at radius 1 is 1.12 bits per heavy atom. The quantitative estimate of drug-likeness (QED) is 0.829.